The standard InChI is InChI=1S/C20H27N3OS/c1-2-16-18(3-1)25-20-19(16)17(21-13-22-20)12-14-4-6-15(7-5-14)23-8-10-24-11-9-23/h13-15H,1-12H2. The highest BCUT2D eigenvalue weighted by molar-refractivity contribution is 7.18. The van der Waals surface area contributed by atoms with Crippen molar-refractivity contribution >= 4 is 21.6 Å². The summed E-state index contributed by atoms with van der Waals surface area (Å²) in [6, 6.07) is 0.788. The van der Waals surface area contributed by atoms with Crippen molar-refractivity contribution in [2.24, 2.45) is 5.92 Å². The molecular weight excluding hydrogens is 330 g/mol. The Kier molecular flexibility index (Phi) is 4.48. The van der Waals surface area contributed by atoms with Gasteiger partial charge in [0.25, 0.3) is 0 Å². The second-order valence-electron chi connectivity index (χ2n) is 7.88. The van der Waals surface area contributed by atoms with Crippen molar-refractivity contribution in [2.45, 2.75) is 57.4 Å². The molecule has 0 spiro atoms. The zero-order chi connectivity index (χ0) is 16.6. The lowest BCUT2D eigenvalue weighted by Crippen LogP contribution is -2.45. The maximum Gasteiger partial charge on any atom is 0.127 e. The van der Waals surface area contributed by atoms with Gasteiger partial charge in [-0.15, -0.1) is 11.3 Å². The third kappa shape index (κ3) is 3.11. The maximum absolute atomic E-state index is 5.51. The molecule has 5 rings (SSSR count). The van der Waals surface area contributed by atoms with Crippen LogP contribution in [0.25, 0.3) is 10.2 Å². The Morgan fingerprint density at radius 2 is 1.92 bits per heavy atom. The van der Waals surface area contributed by atoms with Gasteiger partial charge in [-0.05, 0) is 62.8 Å². The second kappa shape index (κ2) is 6.93. The number of fused-ring (bicyclic) bond motifs is 3. The molecule has 1 saturated heterocycles. The van der Waals surface area contributed by atoms with Crippen LogP contribution in [-0.2, 0) is 24.0 Å². The lowest BCUT2D eigenvalue weighted by atomic mass is 9.82. The van der Waals surface area contributed by atoms with Gasteiger partial charge in [-0.2, -0.15) is 0 Å². The van der Waals surface area contributed by atoms with Gasteiger partial charge in [0.1, 0.15) is 11.2 Å². The Hall–Kier alpha value is -1.04. The molecule has 3 aliphatic rings. The molecule has 134 valence electrons. The Morgan fingerprint density at radius 3 is 2.76 bits per heavy atom. The summed E-state index contributed by atoms with van der Waals surface area (Å²) < 4.78 is 5.51. The number of ether oxygens (including phenoxy) is 1. The van der Waals surface area contributed by atoms with Crippen LogP contribution in [0.1, 0.15) is 48.2 Å². The van der Waals surface area contributed by atoms with Gasteiger partial charge >= 0.3 is 0 Å². The van der Waals surface area contributed by atoms with E-state index in [2.05, 4.69) is 9.88 Å². The largest absolute Gasteiger partial charge is 0.379 e. The molecule has 0 unspecified atom stereocenters. The lowest BCUT2D eigenvalue weighted by Gasteiger charge is -2.38. The highest BCUT2D eigenvalue weighted by Gasteiger charge is 2.28. The lowest BCUT2D eigenvalue weighted by molar-refractivity contribution is 0.00494. The summed E-state index contributed by atoms with van der Waals surface area (Å²) in [5.74, 6) is 0.798. The van der Waals surface area contributed by atoms with E-state index in [1.165, 1.54) is 60.9 Å². The summed E-state index contributed by atoms with van der Waals surface area (Å²) in [6.07, 6.45) is 12.1. The second-order valence-corrected chi connectivity index (χ2v) is 8.97. The van der Waals surface area contributed by atoms with E-state index < -0.39 is 0 Å². The summed E-state index contributed by atoms with van der Waals surface area (Å²) in [5.41, 5.74) is 2.91. The molecule has 2 aromatic heterocycles. The minimum atomic E-state index is 0.788. The first-order valence-corrected chi connectivity index (χ1v) is 10.8. The summed E-state index contributed by atoms with van der Waals surface area (Å²) in [4.78, 5) is 14.8. The number of rotatable bonds is 3. The number of hydrogen-bond donors (Lipinski definition) is 0. The first-order valence-electron chi connectivity index (χ1n) is 9.94. The van der Waals surface area contributed by atoms with Crippen LogP contribution in [0.4, 0.5) is 0 Å². The number of nitrogens with zero attached hydrogens (tertiary/aromatic N) is 3. The van der Waals surface area contributed by atoms with Gasteiger partial charge in [0.15, 0.2) is 0 Å². The van der Waals surface area contributed by atoms with Crippen LogP contribution in [-0.4, -0.2) is 47.2 Å². The fourth-order valence-corrected chi connectivity index (χ4v) is 6.33. The molecule has 1 aliphatic heterocycles. The number of aromatic nitrogens is 2. The van der Waals surface area contributed by atoms with Crippen LogP contribution in [0.15, 0.2) is 6.33 Å². The van der Waals surface area contributed by atoms with Crippen LogP contribution in [0.2, 0.25) is 0 Å². The molecule has 0 amide bonds. The Morgan fingerprint density at radius 1 is 1.08 bits per heavy atom. The highest BCUT2D eigenvalue weighted by atomic mass is 32.1. The summed E-state index contributed by atoms with van der Waals surface area (Å²) in [5, 5.41) is 1.43. The van der Waals surface area contributed by atoms with Crippen LogP contribution >= 0.6 is 11.3 Å². The zero-order valence-electron chi connectivity index (χ0n) is 14.9. The number of aryl methyl sites for hydroxylation is 2. The minimum Gasteiger partial charge on any atom is -0.379 e. The van der Waals surface area contributed by atoms with Crippen molar-refractivity contribution in [1.29, 1.82) is 0 Å². The van der Waals surface area contributed by atoms with Gasteiger partial charge in [-0.1, -0.05) is 0 Å². The Labute approximate surface area is 153 Å². The Bertz CT molecular complexity index is 745. The third-order valence-corrected chi connectivity index (χ3v) is 7.64. The van der Waals surface area contributed by atoms with Gasteiger partial charge < -0.3 is 4.74 Å². The average Bonchev–Trinajstić information content (AvgIpc) is 3.24. The molecule has 0 aromatic carbocycles. The first-order chi connectivity index (χ1) is 12.4. The Balaban J connectivity index is 1.28. The van der Waals surface area contributed by atoms with Gasteiger partial charge in [-0.25, -0.2) is 9.97 Å². The van der Waals surface area contributed by atoms with Crippen molar-refractivity contribution in [3.05, 3.63) is 22.5 Å². The molecule has 0 atom stereocenters. The van der Waals surface area contributed by atoms with E-state index in [0.717, 1.165) is 44.7 Å². The molecule has 5 heteroatoms. The van der Waals surface area contributed by atoms with Gasteiger partial charge in [0, 0.05) is 29.4 Å². The topological polar surface area (TPSA) is 38.2 Å². The molecule has 1 saturated carbocycles. The molecule has 2 aliphatic carbocycles. The van der Waals surface area contributed by atoms with E-state index in [1.54, 1.807) is 16.8 Å². The summed E-state index contributed by atoms with van der Waals surface area (Å²) >= 11 is 1.91. The summed E-state index contributed by atoms with van der Waals surface area (Å²) in [7, 11) is 0. The van der Waals surface area contributed by atoms with Crippen molar-refractivity contribution in [2.75, 3.05) is 26.3 Å². The molecule has 0 bridgehead atoms. The van der Waals surface area contributed by atoms with E-state index in [4.69, 9.17) is 9.72 Å². The molecule has 2 aromatic rings. The molecule has 25 heavy (non-hydrogen) atoms. The minimum absolute atomic E-state index is 0.788. The van der Waals surface area contributed by atoms with E-state index in [9.17, 15) is 0 Å². The highest BCUT2D eigenvalue weighted by Crippen LogP contribution is 2.39. The average molecular weight is 358 g/mol. The monoisotopic (exact) mass is 357 g/mol. The van der Waals surface area contributed by atoms with Crippen LogP contribution < -0.4 is 0 Å². The molecule has 0 radical (unpaired) electrons. The molecule has 0 N–H and O–H groups in total. The third-order valence-electron chi connectivity index (χ3n) is 6.44. The van der Waals surface area contributed by atoms with Crippen LogP contribution in [0.5, 0.6) is 0 Å². The van der Waals surface area contributed by atoms with E-state index in [0.29, 0.717) is 0 Å². The van der Waals surface area contributed by atoms with Crippen LogP contribution in [0, 0.1) is 5.92 Å². The van der Waals surface area contributed by atoms with E-state index >= 15 is 0 Å². The van der Waals surface area contributed by atoms with Crippen molar-refractivity contribution in [3.63, 3.8) is 0 Å². The predicted octanol–water partition coefficient (Wildman–Crippen LogP) is 3.61. The smallest absolute Gasteiger partial charge is 0.127 e. The fraction of sp³-hybridized carbons (Fsp3) is 0.700. The maximum atomic E-state index is 5.51. The van der Waals surface area contributed by atoms with Crippen molar-refractivity contribution in [1.82, 2.24) is 14.9 Å². The molecule has 2 fully saturated rings. The molecular formula is C20H27N3OS. The fourth-order valence-electron chi connectivity index (χ4n) is 5.08. The van der Waals surface area contributed by atoms with E-state index in [1.807, 2.05) is 11.3 Å². The number of thiophene rings is 1. The zero-order valence-corrected chi connectivity index (χ0v) is 15.7. The number of hydrogen-bond acceptors (Lipinski definition) is 5. The van der Waals surface area contributed by atoms with Gasteiger partial charge in [0.2, 0.25) is 0 Å². The normalized spacial score (nSPS) is 27.7. The van der Waals surface area contributed by atoms with Crippen molar-refractivity contribution < 1.29 is 4.74 Å². The van der Waals surface area contributed by atoms with Crippen LogP contribution in [0.3, 0.4) is 0 Å². The van der Waals surface area contributed by atoms with Gasteiger partial charge in [0.05, 0.1) is 18.9 Å². The number of morpholine rings is 1. The quantitative estimate of drug-likeness (QED) is 0.841. The summed E-state index contributed by atoms with van der Waals surface area (Å²) in [6.45, 7) is 4.09. The van der Waals surface area contributed by atoms with Crippen molar-refractivity contribution in [3.8, 4) is 0 Å². The SMILES string of the molecule is c1nc(CC2CCC(N3CCOCC3)CC2)c2c3c(sc2n1)CCC3. The molecule has 3 heterocycles. The molecule has 4 nitrogen and oxygen atoms in total. The predicted molar refractivity (Wildman–Crippen MR) is 101 cm³/mol. The van der Waals surface area contributed by atoms with Gasteiger partial charge in [-0.3, -0.25) is 4.90 Å². The first kappa shape index (κ1) is 16.2. The van der Waals surface area contributed by atoms with E-state index in [-0.39, 0.29) is 0 Å².